The molecule has 122 valence electrons. The molecular formula is C24H14O2. The van der Waals surface area contributed by atoms with Gasteiger partial charge in [0.05, 0.1) is 0 Å². The molecule has 0 aliphatic rings. The molecule has 2 heterocycles. The summed E-state index contributed by atoms with van der Waals surface area (Å²) in [6, 6.07) is 29.1. The molecule has 0 fully saturated rings. The smallest absolute Gasteiger partial charge is 0.170 e. The zero-order chi connectivity index (χ0) is 17.1. The summed E-state index contributed by atoms with van der Waals surface area (Å²) in [5.41, 5.74) is 1.81. The van der Waals surface area contributed by atoms with E-state index in [0.29, 0.717) is 0 Å². The fourth-order valence-electron chi connectivity index (χ4n) is 3.78. The van der Waals surface area contributed by atoms with Gasteiger partial charge in [0.15, 0.2) is 11.5 Å². The topological polar surface area (TPSA) is 26.3 Å². The molecule has 6 aromatic rings. The highest BCUT2D eigenvalue weighted by Crippen LogP contribution is 2.37. The summed E-state index contributed by atoms with van der Waals surface area (Å²) >= 11 is 0. The Labute approximate surface area is 149 Å². The molecule has 0 aliphatic carbocycles. The van der Waals surface area contributed by atoms with E-state index in [-0.39, 0.29) is 0 Å². The molecule has 0 saturated heterocycles. The van der Waals surface area contributed by atoms with Crippen molar-refractivity contribution in [3.8, 4) is 11.5 Å². The summed E-state index contributed by atoms with van der Waals surface area (Å²) in [5, 5.41) is 6.77. The predicted octanol–water partition coefficient (Wildman–Crippen LogP) is 7.15. The van der Waals surface area contributed by atoms with Crippen LogP contribution in [-0.2, 0) is 0 Å². The first-order chi connectivity index (χ1) is 12.9. The van der Waals surface area contributed by atoms with Gasteiger partial charge in [-0.25, -0.2) is 0 Å². The lowest BCUT2D eigenvalue weighted by Gasteiger charge is -1.97. The van der Waals surface area contributed by atoms with Crippen molar-refractivity contribution in [1.82, 2.24) is 0 Å². The second-order valence-electron chi connectivity index (χ2n) is 6.63. The first kappa shape index (κ1) is 13.7. The first-order valence-corrected chi connectivity index (χ1v) is 8.70. The van der Waals surface area contributed by atoms with Crippen molar-refractivity contribution in [3.63, 3.8) is 0 Å². The van der Waals surface area contributed by atoms with Crippen LogP contribution in [0.2, 0.25) is 0 Å². The molecule has 2 aromatic heterocycles. The van der Waals surface area contributed by atoms with Crippen LogP contribution in [0.15, 0.2) is 93.8 Å². The zero-order valence-electron chi connectivity index (χ0n) is 13.9. The second-order valence-corrected chi connectivity index (χ2v) is 6.63. The lowest BCUT2D eigenvalue weighted by Crippen LogP contribution is -1.71. The van der Waals surface area contributed by atoms with Crippen LogP contribution in [0.4, 0.5) is 0 Å². The highest BCUT2D eigenvalue weighted by atomic mass is 16.4. The summed E-state index contributed by atoms with van der Waals surface area (Å²) < 4.78 is 12.4. The molecule has 26 heavy (non-hydrogen) atoms. The van der Waals surface area contributed by atoms with Gasteiger partial charge >= 0.3 is 0 Å². The van der Waals surface area contributed by atoms with Gasteiger partial charge in [-0.15, -0.1) is 0 Å². The third kappa shape index (κ3) is 1.87. The Morgan fingerprint density at radius 2 is 0.846 bits per heavy atom. The third-order valence-electron chi connectivity index (χ3n) is 5.06. The Balaban J connectivity index is 1.62. The van der Waals surface area contributed by atoms with Gasteiger partial charge < -0.3 is 8.83 Å². The Kier molecular flexibility index (Phi) is 2.64. The average molecular weight is 334 g/mol. The van der Waals surface area contributed by atoms with E-state index in [2.05, 4.69) is 60.7 Å². The minimum absolute atomic E-state index is 0.761. The number of furan rings is 2. The van der Waals surface area contributed by atoms with Crippen molar-refractivity contribution in [2.45, 2.75) is 0 Å². The van der Waals surface area contributed by atoms with Crippen LogP contribution < -0.4 is 0 Å². The van der Waals surface area contributed by atoms with E-state index >= 15 is 0 Å². The SMILES string of the molecule is c1ccc2c(c1)ccc1cc(-c3cc4ccc5ccccc5c4o3)oc12. The Hall–Kier alpha value is -3.52. The zero-order valence-corrected chi connectivity index (χ0v) is 13.9. The fraction of sp³-hybridized carbons (Fsp3) is 0. The minimum atomic E-state index is 0.761. The molecule has 0 atom stereocenters. The molecule has 4 aromatic carbocycles. The monoisotopic (exact) mass is 334 g/mol. The minimum Gasteiger partial charge on any atom is -0.452 e. The molecule has 0 N–H and O–H groups in total. The van der Waals surface area contributed by atoms with Crippen molar-refractivity contribution >= 4 is 43.5 Å². The summed E-state index contributed by atoms with van der Waals surface area (Å²) in [7, 11) is 0. The first-order valence-electron chi connectivity index (χ1n) is 8.70. The van der Waals surface area contributed by atoms with Crippen molar-refractivity contribution in [2.24, 2.45) is 0 Å². The van der Waals surface area contributed by atoms with Gasteiger partial charge in [0, 0.05) is 21.5 Å². The van der Waals surface area contributed by atoms with E-state index in [0.717, 1.165) is 44.2 Å². The van der Waals surface area contributed by atoms with Crippen LogP contribution in [0.5, 0.6) is 0 Å². The van der Waals surface area contributed by atoms with Gasteiger partial charge in [-0.2, -0.15) is 0 Å². The van der Waals surface area contributed by atoms with Gasteiger partial charge in [0.2, 0.25) is 0 Å². The Morgan fingerprint density at radius 1 is 0.423 bits per heavy atom. The second kappa shape index (κ2) is 4.99. The van der Waals surface area contributed by atoms with Gasteiger partial charge in [-0.3, -0.25) is 0 Å². The van der Waals surface area contributed by atoms with Crippen LogP contribution in [0.25, 0.3) is 55.0 Å². The average Bonchev–Trinajstić information content (AvgIpc) is 3.32. The summed E-state index contributed by atoms with van der Waals surface area (Å²) in [6.07, 6.45) is 0. The lowest BCUT2D eigenvalue weighted by molar-refractivity contribution is 0.572. The van der Waals surface area contributed by atoms with E-state index < -0.39 is 0 Å². The molecule has 0 unspecified atom stereocenters. The summed E-state index contributed by atoms with van der Waals surface area (Å²) in [5.74, 6) is 1.52. The fourth-order valence-corrected chi connectivity index (χ4v) is 3.78. The lowest BCUT2D eigenvalue weighted by atomic mass is 10.1. The number of benzene rings is 4. The molecule has 0 radical (unpaired) electrons. The highest BCUT2D eigenvalue weighted by molar-refractivity contribution is 6.07. The molecule has 2 heteroatoms. The van der Waals surface area contributed by atoms with Crippen LogP contribution in [0.1, 0.15) is 0 Å². The van der Waals surface area contributed by atoms with E-state index in [1.165, 1.54) is 10.8 Å². The maximum absolute atomic E-state index is 6.22. The van der Waals surface area contributed by atoms with Gasteiger partial charge in [0.1, 0.15) is 11.2 Å². The van der Waals surface area contributed by atoms with E-state index in [1.54, 1.807) is 0 Å². The maximum atomic E-state index is 6.22. The predicted molar refractivity (Wildman–Crippen MR) is 106 cm³/mol. The number of fused-ring (bicyclic) bond motifs is 6. The highest BCUT2D eigenvalue weighted by Gasteiger charge is 2.14. The van der Waals surface area contributed by atoms with Crippen molar-refractivity contribution < 1.29 is 8.83 Å². The van der Waals surface area contributed by atoms with E-state index in [4.69, 9.17) is 8.83 Å². The molecule has 2 nitrogen and oxygen atoms in total. The van der Waals surface area contributed by atoms with Crippen molar-refractivity contribution in [2.75, 3.05) is 0 Å². The summed E-state index contributed by atoms with van der Waals surface area (Å²) in [4.78, 5) is 0. The summed E-state index contributed by atoms with van der Waals surface area (Å²) in [6.45, 7) is 0. The number of hydrogen-bond acceptors (Lipinski definition) is 2. The van der Waals surface area contributed by atoms with Crippen LogP contribution in [-0.4, -0.2) is 0 Å². The normalized spacial score (nSPS) is 11.8. The molecule has 0 spiro atoms. The molecule has 0 bridgehead atoms. The van der Waals surface area contributed by atoms with Crippen molar-refractivity contribution in [1.29, 1.82) is 0 Å². The third-order valence-corrected chi connectivity index (χ3v) is 5.06. The molecular weight excluding hydrogens is 320 g/mol. The number of rotatable bonds is 1. The molecule has 0 saturated carbocycles. The Bertz CT molecular complexity index is 1320. The van der Waals surface area contributed by atoms with Gasteiger partial charge in [-0.05, 0) is 22.9 Å². The molecule has 0 aliphatic heterocycles. The van der Waals surface area contributed by atoms with Crippen LogP contribution >= 0.6 is 0 Å². The standard InChI is InChI=1S/C24H14O2/c1-3-7-19-15(5-1)9-11-17-13-21(25-23(17)19)22-14-18-12-10-16-6-2-4-8-20(16)24(18)26-22/h1-14H. The van der Waals surface area contributed by atoms with Crippen LogP contribution in [0.3, 0.4) is 0 Å². The van der Waals surface area contributed by atoms with Crippen molar-refractivity contribution in [3.05, 3.63) is 84.9 Å². The van der Waals surface area contributed by atoms with E-state index in [1.807, 2.05) is 24.3 Å². The molecule has 0 amide bonds. The van der Waals surface area contributed by atoms with Gasteiger partial charge in [-0.1, -0.05) is 72.8 Å². The van der Waals surface area contributed by atoms with Gasteiger partial charge in [0.25, 0.3) is 0 Å². The largest absolute Gasteiger partial charge is 0.452 e. The quantitative estimate of drug-likeness (QED) is 0.319. The van der Waals surface area contributed by atoms with Crippen LogP contribution in [0, 0.1) is 0 Å². The maximum Gasteiger partial charge on any atom is 0.170 e. The molecule has 6 rings (SSSR count). The van der Waals surface area contributed by atoms with E-state index in [9.17, 15) is 0 Å². The number of hydrogen-bond donors (Lipinski definition) is 0. The Morgan fingerprint density at radius 3 is 1.35 bits per heavy atom.